The van der Waals surface area contributed by atoms with Crippen LogP contribution in [-0.2, 0) is 0 Å². The van der Waals surface area contributed by atoms with Gasteiger partial charge in [0.2, 0.25) is 0 Å². The molecule has 0 aliphatic carbocycles. The van der Waals surface area contributed by atoms with E-state index in [9.17, 15) is 13.6 Å². The number of carbonyl (C=O) groups is 1. The van der Waals surface area contributed by atoms with Crippen LogP contribution in [0.15, 0.2) is 36.4 Å². The molecule has 0 amide bonds. The summed E-state index contributed by atoms with van der Waals surface area (Å²) in [7, 11) is 0. The molecule has 0 spiro atoms. The second-order valence-electron chi connectivity index (χ2n) is 3.40. The van der Waals surface area contributed by atoms with Gasteiger partial charge in [-0.2, -0.15) is 0 Å². The molecule has 0 N–H and O–H groups in total. The standard InChI is InChI=1S/C12H7ClF2O/c13-11(16)8-3-1-7-2-4-9(12(14)15)6-10(7)5-8/h1-6,12H. The molecule has 0 unspecified atom stereocenters. The van der Waals surface area contributed by atoms with Crippen molar-refractivity contribution in [2.75, 3.05) is 0 Å². The van der Waals surface area contributed by atoms with Crippen molar-refractivity contribution in [3.63, 3.8) is 0 Å². The second-order valence-corrected chi connectivity index (χ2v) is 3.74. The maximum atomic E-state index is 12.5. The summed E-state index contributed by atoms with van der Waals surface area (Å²) < 4.78 is 24.9. The normalized spacial score (nSPS) is 11.0. The van der Waals surface area contributed by atoms with E-state index in [1.165, 1.54) is 18.2 Å². The molecule has 1 nitrogen and oxygen atoms in total. The van der Waals surface area contributed by atoms with Crippen molar-refractivity contribution in [3.05, 3.63) is 47.5 Å². The second kappa shape index (κ2) is 4.18. The molecule has 2 aromatic rings. The summed E-state index contributed by atoms with van der Waals surface area (Å²) in [6.07, 6.45) is -2.51. The van der Waals surface area contributed by atoms with Crippen LogP contribution in [0.2, 0.25) is 0 Å². The minimum absolute atomic E-state index is 0.0633. The fourth-order valence-electron chi connectivity index (χ4n) is 1.52. The number of fused-ring (bicyclic) bond motifs is 1. The molecule has 2 rings (SSSR count). The van der Waals surface area contributed by atoms with Gasteiger partial charge in [-0.1, -0.05) is 18.2 Å². The van der Waals surface area contributed by atoms with E-state index in [0.29, 0.717) is 10.9 Å². The smallest absolute Gasteiger partial charge is 0.263 e. The van der Waals surface area contributed by atoms with Crippen LogP contribution in [0.5, 0.6) is 0 Å². The molecule has 0 saturated carbocycles. The summed E-state index contributed by atoms with van der Waals surface area (Å²) >= 11 is 5.32. The predicted octanol–water partition coefficient (Wildman–Crippen LogP) is 4.16. The zero-order chi connectivity index (χ0) is 11.7. The van der Waals surface area contributed by atoms with Crippen LogP contribution in [0.4, 0.5) is 8.78 Å². The van der Waals surface area contributed by atoms with Gasteiger partial charge in [-0.25, -0.2) is 8.78 Å². The molecule has 0 radical (unpaired) electrons. The Morgan fingerprint density at radius 1 is 1.06 bits per heavy atom. The molecule has 0 saturated heterocycles. The number of benzene rings is 2. The molecule has 4 heteroatoms. The van der Waals surface area contributed by atoms with E-state index in [4.69, 9.17) is 11.6 Å². The molecule has 0 aliphatic rings. The van der Waals surface area contributed by atoms with Crippen LogP contribution in [-0.4, -0.2) is 5.24 Å². The van der Waals surface area contributed by atoms with Crippen LogP contribution in [0.3, 0.4) is 0 Å². The van der Waals surface area contributed by atoms with E-state index >= 15 is 0 Å². The Bertz CT molecular complexity index is 552. The third kappa shape index (κ3) is 2.04. The van der Waals surface area contributed by atoms with Gasteiger partial charge in [0.05, 0.1) is 0 Å². The first-order chi connectivity index (χ1) is 7.58. The molecule has 0 aliphatic heterocycles. The van der Waals surface area contributed by atoms with Gasteiger partial charge in [0.15, 0.2) is 0 Å². The first-order valence-corrected chi connectivity index (χ1v) is 4.97. The minimum atomic E-state index is -2.51. The largest absolute Gasteiger partial charge is 0.276 e. The van der Waals surface area contributed by atoms with Crippen molar-refractivity contribution in [1.29, 1.82) is 0 Å². The third-order valence-corrected chi connectivity index (χ3v) is 2.56. The van der Waals surface area contributed by atoms with E-state index in [2.05, 4.69) is 0 Å². The Morgan fingerprint density at radius 2 is 1.75 bits per heavy atom. The minimum Gasteiger partial charge on any atom is -0.276 e. The van der Waals surface area contributed by atoms with Crippen molar-refractivity contribution in [2.24, 2.45) is 0 Å². The average Bonchev–Trinajstić information content (AvgIpc) is 2.27. The van der Waals surface area contributed by atoms with Gasteiger partial charge in [-0.15, -0.1) is 0 Å². The quantitative estimate of drug-likeness (QED) is 0.721. The molecule has 0 fully saturated rings. The van der Waals surface area contributed by atoms with E-state index in [0.717, 1.165) is 5.39 Å². The van der Waals surface area contributed by atoms with Crippen LogP contribution < -0.4 is 0 Å². The van der Waals surface area contributed by atoms with Gasteiger partial charge in [0.25, 0.3) is 11.7 Å². The zero-order valence-electron chi connectivity index (χ0n) is 8.08. The lowest BCUT2D eigenvalue weighted by atomic mass is 10.0. The van der Waals surface area contributed by atoms with Crippen molar-refractivity contribution in [1.82, 2.24) is 0 Å². The third-order valence-electron chi connectivity index (χ3n) is 2.34. The summed E-state index contributed by atoms with van der Waals surface area (Å²) in [6, 6.07) is 9.09. The number of carbonyl (C=O) groups excluding carboxylic acids is 1. The maximum Gasteiger partial charge on any atom is 0.263 e. The summed E-state index contributed by atoms with van der Waals surface area (Å²) in [5.74, 6) is 0. The van der Waals surface area contributed by atoms with Gasteiger partial charge >= 0.3 is 0 Å². The van der Waals surface area contributed by atoms with Crippen molar-refractivity contribution in [2.45, 2.75) is 6.43 Å². The zero-order valence-corrected chi connectivity index (χ0v) is 8.84. The molecule has 0 bridgehead atoms. The Balaban J connectivity index is 2.61. The maximum absolute atomic E-state index is 12.5. The number of halogens is 3. The van der Waals surface area contributed by atoms with Gasteiger partial charge < -0.3 is 0 Å². The molecule has 0 atom stereocenters. The van der Waals surface area contributed by atoms with Crippen LogP contribution in [0, 0.1) is 0 Å². The molecule has 82 valence electrons. The Morgan fingerprint density at radius 3 is 2.38 bits per heavy atom. The van der Waals surface area contributed by atoms with Gasteiger partial charge in [0.1, 0.15) is 0 Å². The lowest BCUT2D eigenvalue weighted by Crippen LogP contribution is -1.89. The van der Waals surface area contributed by atoms with E-state index in [-0.39, 0.29) is 5.56 Å². The first-order valence-electron chi connectivity index (χ1n) is 4.59. The van der Waals surface area contributed by atoms with Crippen molar-refractivity contribution >= 4 is 27.6 Å². The van der Waals surface area contributed by atoms with Gasteiger partial charge in [-0.05, 0) is 40.6 Å². The molecule has 2 aromatic carbocycles. The highest BCUT2D eigenvalue weighted by atomic mass is 35.5. The monoisotopic (exact) mass is 240 g/mol. The highest BCUT2D eigenvalue weighted by Gasteiger charge is 2.08. The predicted molar refractivity (Wildman–Crippen MR) is 59.1 cm³/mol. The number of hydrogen-bond acceptors (Lipinski definition) is 1. The summed E-state index contributed by atoms with van der Waals surface area (Å²) in [4.78, 5) is 10.9. The van der Waals surface area contributed by atoms with E-state index < -0.39 is 11.7 Å². The average molecular weight is 241 g/mol. The Labute approximate surface area is 95.6 Å². The highest BCUT2D eigenvalue weighted by Crippen LogP contribution is 2.24. The number of alkyl halides is 2. The van der Waals surface area contributed by atoms with Gasteiger partial charge in [-0.3, -0.25) is 4.79 Å². The van der Waals surface area contributed by atoms with Gasteiger partial charge in [0, 0.05) is 11.1 Å². The first kappa shape index (κ1) is 11.0. The molecule has 0 aromatic heterocycles. The Kier molecular flexibility index (Phi) is 2.88. The van der Waals surface area contributed by atoms with E-state index in [1.807, 2.05) is 0 Å². The van der Waals surface area contributed by atoms with Crippen molar-refractivity contribution < 1.29 is 13.6 Å². The lowest BCUT2D eigenvalue weighted by molar-refractivity contribution is 0.108. The van der Waals surface area contributed by atoms with E-state index in [1.54, 1.807) is 18.2 Å². The SMILES string of the molecule is O=C(Cl)c1ccc2ccc(C(F)F)cc2c1. The van der Waals surface area contributed by atoms with Crippen LogP contribution >= 0.6 is 11.6 Å². The summed E-state index contributed by atoms with van der Waals surface area (Å²) in [5.41, 5.74) is 0.243. The van der Waals surface area contributed by atoms with Crippen LogP contribution in [0.1, 0.15) is 22.3 Å². The number of rotatable bonds is 2. The number of hydrogen-bond donors (Lipinski definition) is 0. The fourth-order valence-corrected chi connectivity index (χ4v) is 1.64. The topological polar surface area (TPSA) is 17.1 Å². The fraction of sp³-hybridized carbons (Fsp3) is 0.0833. The lowest BCUT2D eigenvalue weighted by Gasteiger charge is -2.03. The molecule has 16 heavy (non-hydrogen) atoms. The van der Waals surface area contributed by atoms with Crippen molar-refractivity contribution in [3.8, 4) is 0 Å². The summed E-state index contributed by atoms with van der Waals surface area (Å²) in [6.45, 7) is 0. The van der Waals surface area contributed by atoms with Crippen LogP contribution in [0.25, 0.3) is 10.8 Å². The molecular formula is C12H7ClF2O. The molecular weight excluding hydrogens is 234 g/mol. The summed E-state index contributed by atoms with van der Waals surface area (Å²) in [5, 5.41) is 0.791. The Hall–Kier alpha value is -1.48. The molecule has 0 heterocycles. The highest BCUT2D eigenvalue weighted by molar-refractivity contribution is 6.67.